The molecule has 0 radical (unpaired) electrons. The number of carbonyl (C=O) groups excluding carboxylic acids is 2. The van der Waals surface area contributed by atoms with Crippen LogP contribution in [0.25, 0.3) is 0 Å². The maximum absolute atomic E-state index is 11.9. The van der Waals surface area contributed by atoms with Crippen LogP contribution in [0.3, 0.4) is 0 Å². The van der Waals surface area contributed by atoms with Gasteiger partial charge in [0.25, 0.3) is 0 Å². The number of hydrogen-bond donors (Lipinski definition) is 2. The van der Waals surface area contributed by atoms with E-state index in [1.54, 1.807) is 23.1 Å². The molecule has 1 aliphatic heterocycles. The van der Waals surface area contributed by atoms with Crippen molar-refractivity contribution in [2.75, 3.05) is 16.8 Å². The number of primary amides is 1. The Bertz CT molecular complexity index is 764. The smallest absolute Gasteiger partial charge is 0.244 e. The number of nitrogens with two attached hydrogens (primary N) is 1. The molecule has 0 aromatic heterocycles. The molecule has 0 unspecified atom stereocenters. The van der Waals surface area contributed by atoms with Crippen LogP contribution in [-0.2, 0) is 9.59 Å². The molecule has 2 aromatic rings. The van der Waals surface area contributed by atoms with Crippen LogP contribution in [0.5, 0.6) is 0 Å². The number of amides is 2. The number of rotatable bonds is 5. The predicted octanol–water partition coefficient (Wildman–Crippen LogP) is 3.11. The van der Waals surface area contributed by atoms with Crippen molar-refractivity contribution in [1.82, 2.24) is 0 Å². The van der Waals surface area contributed by atoms with E-state index in [1.807, 2.05) is 30.3 Å². The Kier molecular flexibility index (Phi) is 4.71. The first-order valence-electron chi connectivity index (χ1n) is 7.77. The van der Waals surface area contributed by atoms with E-state index in [4.69, 9.17) is 17.3 Å². The number of anilines is 2. The van der Waals surface area contributed by atoms with Crippen LogP contribution in [0.2, 0.25) is 5.02 Å². The zero-order valence-electron chi connectivity index (χ0n) is 13.0. The van der Waals surface area contributed by atoms with Crippen molar-refractivity contribution in [3.05, 3.63) is 59.1 Å². The van der Waals surface area contributed by atoms with Gasteiger partial charge in [-0.2, -0.15) is 0 Å². The maximum Gasteiger partial charge on any atom is 0.244 e. The van der Waals surface area contributed by atoms with E-state index < -0.39 is 11.9 Å². The van der Waals surface area contributed by atoms with Crippen molar-refractivity contribution in [2.45, 2.75) is 18.9 Å². The summed E-state index contributed by atoms with van der Waals surface area (Å²) in [7, 11) is 0. The molecule has 24 heavy (non-hydrogen) atoms. The predicted molar refractivity (Wildman–Crippen MR) is 95.0 cm³/mol. The first-order chi connectivity index (χ1) is 11.6. The average molecular weight is 344 g/mol. The van der Waals surface area contributed by atoms with E-state index in [0.29, 0.717) is 29.4 Å². The second kappa shape index (κ2) is 6.93. The normalized spacial score (nSPS) is 15.4. The van der Waals surface area contributed by atoms with Gasteiger partial charge in [-0.15, -0.1) is 0 Å². The van der Waals surface area contributed by atoms with Crippen molar-refractivity contribution in [3.8, 4) is 0 Å². The number of hydrogen-bond acceptors (Lipinski definition) is 3. The highest BCUT2D eigenvalue weighted by Gasteiger charge is 2.24. The summed E-state index contributed by atoms with van der Waals surface area (Å²) < 4.78 is 0. The van der Waals surface area contributed by atoms with Gasteiger partial charge in [0.15, 0.2) is 0 Å². The number of benzene rings is 2. The summed E-state index contributed by atoms with van der Waals surface area (Å²) in [4.78, 5) is 25.3. The number of halogens is 1. The van der Waals surface area contributed by atoms with Crippen LogP contribution in [0.4, 0.5) is 11.4 Å². The van der Waals surface area contributed by atoms with E-state index in [9.17, 15) is 9.59 Å². The molecule has 1 aliphatic rings. The van der Waals surface area contributed by atoms with Crippen molar-refractivity contribution < 1.29 is 9.59 Å². The van der Waals surface area contributed by atoms with E-state index in [1.165, 1.54) is 0 Å². The third kappa shape index (κ3) is 3.36. The minimum absolute atomic E-state index is 0.0805. The molecule has 3 rings (SSSR count). The summed E-state index contributed by atoms with van der Waals surface area (Å²) in [6.45, 7) is 0.680. The summed E-state index contributed by atoms with van der Waals surface area (Å²) >= 11 is 6.33. The van der Waals surface area contributed by atoms with Crippen molar-refractivity contribution >= 4 is 34.8 Å². The molecule has 6 heteroatoms. The van der Waals surface area contributed by atoms with Gasteiger partial charge in [-0.05, 0) is 30.2 Å². The standard InChI is InChI=1S/C18H18ClN3O2/c19-14-11-13(8-9-15(14)22-10-4-7-16(22)23)21-17(18(20)24)12-5-2-1-3-6-12/h1-3,5-6,8-9,11,17,21H,4,7,10H2,(H2,20,24)/t17-/m0/s1. The molecule has 1 fully saturated rings. The van der Waals surface area contributed by atoms with Gasteiger partial charge in [0.05, 0.1) is 10.7 Å². The average Bonchev–Trinajstić information content (AvgIpc) is 2.99. The van der Waals surface area contributed by atoms with E-state index in [0.717, 1.165) is 12.0 Å². The lowest BCUT2D eigenvalue weighted by molar-refractivity contribution is -0.119. The van der Waals surface area contributed by atoms with Crippen LogP contribution >= 0.6 is 11.6 Å². The van der Waals surface area contributed by atoms with Crippen molar-refractivity contribution in [2.24, 2.45) is 5.73 Å². The quantitative estimate of drug-likeness (QED) is 0.875. The van der Waals surface area contributed by atoms with Crippen LogP contribution < -0.4 is 16.0 Å². The summed E-state index contributed by atoms with van der Waals surface area (Å²) in [5.41, 5.74) is 7.66. The van der Waals surface area contributed by atoms with Crippen LogP contribution in [-0.4, -0.2) is 18.4 Å². The lowest BCUT2D eigenvalue weighted by Gasteiger charge is -2.20. The van der Waals surface area contributed by atoms with Gasteiger partial charge >= 0.3 is 0 Å². The Morgan fingerprint density at radius 1 is 1.21 bits per heavy atom. The molecule has 0 saturated carbocycles. The molecule has 3 N–H and O–H groups in total. The van der Waals surface area contributed by atoms with Crippen molar-refractivity contribution in [1.29, 1.82) is 0 Å². The zero-order chi connectivity index (χ0) is 17.1. The second-order valence-electron chi connectivity index (χ2n) is 5.71. The molecule has 0 spiro atoms. The number of nitrogens with one attached hydrogen (secondary N) is 1. The summed E-state index contributed by atoms with van der Waals surface area (Å²) in [6.07, 6.45) is 1.39. The lowest BCUT2D eigenvalue weighted by atomic mass is 10.1. The van der Waals surface area contributed by atoms with Crippen LogP contribution in [0.15, 0.2) is 48.5 Å². The highest BCUT2D eigenvalue weighted by Crippen LogP contribution is 2.32. The molecule has 5 nitrogen and oxygen atoms in total. The molecule has 2 amide bonds. The molecule has 124 valence electrons. The molecular weight excluding hydrogens is 326 g/mol. The molecular formula is C18H18ClN3O2. The molecule has 0 bridgehead atoms. The van der Waals surface area contributed by atoms with Gasteiger partial charge in [-0.25, -0.2) is 0 Å². The maximum atomic E-state index is 11.9. The Hall–Kier alpha value is -2.53. The fourth-order valence-electron chi connectivity index (χ4n) is 2.85. The molecule has 0 aliphatic carbocycles. The summed E-state index contributed by atoms with van der Waals surface area (Å²) in [5.74, 6) is -0.395. The highest BCUT2D eigenvalue weighted by atomic mass is 35.5. The minimum Gasteiger partial charge on any atom is -0.370 e. The summed E-state index contributed by atoms with van der Waals surface area (Å²) in [5, 5.41) is 3.57. The molecule has 2 aromatic carbocycles. The third-order valence-electron chi connectivity index (χ3n) is 4.04. The molecule has 1 atom stereocenters. The van der Waals surface area contributed by atoms with Gasteiger partial charge in [0.1, 0.15) is 6.04 Å². The monoisotopic (exact) mass is 343 g/mol. The minimum atomic E-state index is -0.651. The van der Waals surface area contributed by atoms with E-state index >= 15 is 0 Å². The van der Waals surface area contributed by atoms with Gasteiger partial charge in [0, 0.05) is 18.7 Å². The van der Waals surface area contributed by atoms with Gasteiger partial charge in [0.2, 0.25) is 11.8 Å². The Morgan fingerprint density at radius 2 is 1.96 bits per heavy atom. The topological polar surface area (TPSA) is 75.4 Å². The van der Waals surface area contributed by atoms with Crippen molar-refractivity contribution in [3.63, 3.8) is 0 Å². The second-order valence-corrected chi connectivity index (χ2v) is 6.11. The number of nitrogens with zero attached hydrogens (tertiary/aromatic N) is 1. The summed E-state index contributed by atoms with van der Waals surface area (Å²) in [6, 6.07) is 13.9. The zero-order valence-corrected chi connectivity index (χ0v) is 13.8. The van der Waals surface area contributed by atoms with E-state index in [-0.39, 0.29) is 5.91 Å². The Morgan fingerprint density at radius 3 is 2.54 bits per heavy atom. The van der Waals surface area contributed by atoms with Gasteiger partial charge in [-0.3, -0.25) is 9.59 Å². The van der Waals surface area contributed by atoms with Crippen LogP contribution in [0, 0.1) is 0 Å². The Balaban J connectivity index is 1.83. The fraction of sp³-hybridized carbons (Fsp3) is 0.222. The fourth-order valence-corrected chi connectivity index (χ4v) is 3.13. The first kappa shape index (κ1) is 16.3. The first-order valence-corrected chi connectivity index (χ1v) is 8.15. The SMILES string of the molecule is NC(=O)[C@@H](Nc1ccc(N2CCCC2=O)c(Cl)c1)c1ccccc1. The Labute approximate surface area is 145 Å². The molecule has 1 saturated heterocycles. The van der Waals surface area contributed by atoms with Gasteiger partial charge in [-0.1, -0.05) is 41.9 Å². The largest absolute Gasteiger partial charge is 0.370 e. The third-order valence-corrected chi connectivity index (χ3v) is 4.34. The molecule has 1 heterocycles. The highest BCUT2D eigenvalue weighted by molar-refractivity contribution is 6.34. The van der Waals surface area contributed by atoms with E-state index in [2.05, 4.69) is 5.32 Å². The lowest BCUT2D eigenvalue weighted by Crippen LogP contribution is -2.28. The van der Waals surface area contributed by atoms with Gasteiger partial charge < -0.3 is 16.0 Å². The number of carbonyl (C=O) groups is 2. The van der Waals surface area contributed by atoms with Crippen LogP contribution in [0.1, 0.15) is 24.4 Å².